The van der Waals surface area contributed by atoms with E-state index in [1.54, 1.807) is 42.5 Å². The number of carbonyl (C=O) groups is 2. The number of amides is 2. The number of ether oxygens (including phenoxy) is 2. The van der Waals surface area contributed by atoms with E-state index in [0.717, 1.165) is 5.56 Å². The summed E-state index contributed by atoms with van der Waals surface area (Å²) in [5.74, 6) is 0.629. The third-order valence-electron chi connectivity index (χ3n) is 5.57. The number of halogens is 1. The summed E-state index contributed by atoms with van der Waals surface area (Å²) >= 11 is 6.01. The van der Waals surface area contributed by atoms with Crippen LogP contribution in [-0.4, -0.2) is 53.6 Å². The molecule has 1 atom stereocenters. The van der Waals surface area contributed by atoms with Crippen LogP contribution in [0.2, 0.25) is 5.02 Å². The van der Waals surface area contributed by atoms with Gasteiger partial charge >= 0.3 is 0 Å². The van der Waals surface area contributed by atoms with Crippen molar-refractivity contribution in [2.75, 3.05) is 25.1 Å². The van der Waals surface area contributed by atoms with Gasteiger partial charge in [-0.3, -0.25) is 14.5 Å². The van der Waals surface area contributed by atoms with Crippen molar-refractivity contribution in [1.82, 2.24) is 15.4 Å². The van der Waals surface area contributed by atoms with Crippen molar-refractivity contribution in [3.63, 3.8) is 0 Å². The number of nitrogens with one attached hydrogen (secondary N) is 2. The second kappa shape index (κ2) is 10.2. The van der Waals surface area contributed by atoms with Gasteiger partial charge in [0.1, 0.15) is 18.1 Å². The van der Waals surface area contributed by atoms with Crippen LogP contribution in [0.3, 0.4) is 0 Å². The predicted octanol–water partition coefficient (Wildman–Crippen LogP) is 3.06. The summed E-state index contributed by atoms with van der Waals surface area (Å²) < 4.78 is 15.4. The fraction of sp³-hybridized carbons (Fsp3) is 0.250. The number of nitrogens with zero attached hydrogens (tertiary/aromatic N) is 3. The van der Waals surface area contributed by atoms with E-state index in [2.05, 4.69) is 20.8 Å². The molecule has 180 valence electrons. The summed E-state index contributed by atoms with van der Waals surface area (Å²) in [6, 6.07) is 15.2. The zero-order valence-electron chi connectivity index (χ0n) is 18.5. The molecule has 1 fully saturated rings. The minimum absolute atomic E-state index is 0.130. The molecule has 35 heavy (non-hydrogen) atoms. The van der Waals surface area contributed by atoms with Gasteiger partial charge in [0.25, 0.3) is 11.8 Å². The lowest BCUT2D eigenvalue weighted by molar-refractivity contribution is -0.143. The molecule has 1 aromatic heterocycles. The lowest BCUT2D eigenvalue weighted by atomic mass is 10.1. The number of guanidine groups is 1. The van der Waals surface area contributed by atoms with Crippen molar-refractivity contribution in [3.8, 4) is 11.6 Å². The molecule has 10 nitrogen and oxygen atoms in total. The Kier molecular flexibility index (Phi) is 6.64. The Morgan fingerprint density at radius 1 is 1.11 bits per heavy atom. The number of hydrogen-bond acceptors (Lipinski definition) is 8. The Balaban J connectivity index is 1.32. The Morgan fingerprint density at radius 3 is 2.54 bits per heavy atom. The molecule has 0 saturated carbocycles. The molecular weight excluding hydrogens is 474 g/mol. The van der Waals surface area contributed by atoms with Crippen LogP contribution >= 0.6 is 11.6 Å². The number of aromatic nitrogens is 1. The Bertz CT molecular complexity index is 1210. The molecule has 1 saturated heterocycles. The zero-order valence-corrected chi connectivity index (χ0v) is 19.3. The molecule has 11 heteroatoms. The van der Waals surface area contributed by atoms with Crippen molar-refractivity contribution >= 4 is 35.1 Å². The van der Waals surface area contributed by atoms with Gasteiger partial charge in [-0.15, -0.1) is 0 Å². The smallest absolute Gasteiger partial charge is 0.259 e. The molecule has 5 rings (SSSR count). The van der Waals surface area contributed by atoms with Crippen LogP contribution in [0, 0.1) is 5.92 Å². The van der Waals surface area contributed by atoms with Crippen molar-refractivity contribution in [3.05, 3.63) is 71.4 Å². The van der Waals surface area contributed by atoms with Crippen LogP contribution in [0.15, 0.2) is 70.4 Å². The van der Waals surface area contributed by atoms with E-state index in [1.165, 1.54) is 11.2 Å². The SMILES string of the molecule is O=C(NC1CN=C(Nc2ccc(Oc3ccon3)cc2)N(Cc2ccc(Cl)cc2)C1=O)C1COC1. The van der Waals surface area contributed by atoms with Gasteiger partial charge in [-0.05, 0) is 47.1 Å². The molecule has 1 unspecified atom stereocenters. The van der Waals surface area contributed by atoms with Crippen LogP contribution in [0.1, 0.15) is 5.56 Å². The molecule has 0 aliphatic carbocycles. The molecule has 0 bridgehead atoms. The number of aliphatic imine (C=N–C) groups is 1. The highest BCUT2D eigenvalue weighted by Gasteiger charge is 2.36. The number of rotatable bonds is 7. The molecule has 2 N–H and O–H groups in total. The quantitative estimate of drug-likeness (QED) is 0.517. The molecule has 2 aromatic carbocycles. The van der Waals surface area contributed by atoms with Crippen molar-refractivity contribution in [2.45, 2.75) is 12.6 Å². The monoisotopic (exact) mass is 495 g/mol. The highest BCUT2D eigenvalue weighted by molar-refractivity contribution is 6.30. The summed E-state index contributed by atoms with van der Waals surface area (Å²) in [6.07, 6.45) is 1.43. The second-order valence-electron chi connectivity index (χ2n) is 8.10. The van der Waals surface area contributed by atoms with Crippen molar-refractivity contribution in [2.24, 2.45) is 10.9 Å². The third-order valence-corrected chi connectivity index (χ3v) is 5.82. The van der Waals surface area contributed by atoms with Crippen LogP contribution in [0.4, 0.5) is 5.69 Å². The predicted molar refractivity (Wildman–Crippen MR) is 127 cm³/mol. The van der Waals surface area contributed by atoms with Gasteiger partial charge in [-0.2, -0.15) is 0 Å². The molecule has 2 aliphatic heterocycles. The van der Waals surface area contributed by atoms with E-state index in [-0.39, 0.29) is 30.8 Å². The minimum atomic E-state index is -0.751. The summed E-state index contributed by atoms with van der Waals surface area (Å²) in [4.78, 5) is 31.9. The summed E-state index contributed by atoms with van der Waals surface area (Å²) in [5.41, 5.74) is 1.58. The van der Waals surface area contributed by atoms with Crippen LogP contribution in [0.5, 0.6) is 11.6 Å². The van der Waals surface area contributed by atoms with Gasteiger partial charge in [-0.1, -0.05) is 23.7 Å². The Hall–Kier alpha value is -3.89. The average Bonchev–Trinajstić information content (AvgIpc) is 3.32. The minimum Gasteiger partial charge on any atom is -0.436 e. The molecule has 2 amide bonds. The van der Waals surface area contributed by atoms with Gasteiger partial charge in [0.15, 0.2) is 0 Å². The maximum Gasteiger partial charge on any atom is 0.259 e. The van der Waals surface area contributed by atoms with Gasteiger partial charge in [0.2, 0.25) is 11.9 Å². The standard InChI is InChI=1S/C24H22ClN5O5/c25-17-3-1-15(2-4-17)12-30-23(32)20(28-22(31)16-13-33-14-16)11-26-24(30)27-18-5-7-19(8-6-18)35-21-9-10-34-29-21/h1-10,16,20H,11-14H2,(H,26,27)(H,28,31). The van der Waals surface area contributed by atoms with Crippen molar-refractivity contribution < 1.29 is 23.6 Å². The number of anilines is 1. The zero-order chi connectivity index (χ0) is 24.2. The molecule has 0 radical (unpaired) electrons. The normalized spacial score (nSPS) is 18.0. The molecule has 2 aliphatic rings. The number of hydrogen-bond donors (Lipinski definition) is 2. The highest BCUT2D eigenvalue weighted by Crippen LogP contribution is 2.23. The van der Waals surface area contributed by atoms with Crippen LogP contribution < -0.4 is 15.4 Å². The van der Waals surface area contributed by atoms with E-state index in [1.807, 2.05) is 12.1 Å². The number of benzene rings is 2. The second-order valence-corrected chi connectivity index (χ2v) is 8.54. The first-order valence-corrected chi connectivity index (χ1v) is 11.4. The lowest BCUT2D eigenvalue weighted by Crippen LogP contribution is -2.58. The van der Waals surface area contributed by atoms with Crippen LogP contribution in [-0.2, 0) is 20.9 Å². The third kappa shape index (κ3) is 5.44. The van der Waals surface area contributed by atoms with Crippen molar-refractivity contribution in [1.29, 1.82) is 0 Å². The Labute approximate surface area is 205 Å². The first-order chi connectivity index (χ1) is 17.0. The van der Waals surface area contributed by atoms with Gasteiger partial charge in [0.05, 0.1) is 32.2 Å². The number of carbonyl (C=O) groups excluding carboxylic acids is 2. The average molecular weight is 496 g/mol. The summed E-state index contributed by atoms with van der Waals surface area (Å²) in [5, 5.41) is 10.3. The topological polar surface area (TPSA) is 118 Å². The molecular formula is C24H22ClN5O5. The summed E-state index contributed by atoms with van der Waals surface area (Å²) in [7, 11) is 0. The van der Waals surface area contributed by atoms with E-state index < -0.39 is 6.04 Å². The van der Waals surface area contributed by atoms with Crippen LogP contribution in [0.25, 0.3) is 0 Å². The first-order valence-electron chi connectivity index (χ1n) is 11.0. The Morgan fingerprint density at radius 2 is 1.89 bits per heavy atom. The van der Waals surface area contributed by atoms with Gasteiger partial charge in [-0.25, -0.2) is 4.99 Å². The fourth-order valence-corrected chi connectivity index (χ4v) is 3.69. The maximum atomic E-state index is 13.4. The summed E-state index contributed by atoms with van der Waals surface area (Å²) in [6.45, 7) is 1.13. The van der Waals surface area contributed by atoms with E-state index in [9.17, 15) is 9.59 Å². The first kappa shape index (κ1) is 22.9. The fourth-order valence-electron chi connectivity index (χ4n) is 3.56. The highest BCUT2D eigenvalue weighted by atomic mass is 35.5. The lowest BCUT2D eigenvalue weighted by Gasteiger charge is -2.34. The van der Waals surface area contributed by atoms with E-state index in [4.69, 9.17) is 25.6 Å². The van der Waals surface area contributed by atoms with E-state index in [0.29, 0.717) is 41.5 Å². The van der Waals surface area contributed by atoms with Gasteiger partial charge < -0.3 is 24.6 Å². The van der Waals surface area contributed by atoms with Gasteiger partial charge in [0, 0.05) is 16.8 Å². The largest absolute Gasteiger partial charge is 0.436 e. The molecule has 3 aromatic rings. The maximum absolute atomic E-state index is 13.4. The molecule has 0 spiro atoms. The molecule has 3 heterocycles. The van der Waals surface area contributed by atoms with E-state index >= 15 is 0 Å².